The van der Waals surface area contributed by atoms with Crippen molar-refractivity contribution in [2.24, 2.45) is 7.05 Å². The topological polar surface area (TPSA) is 38.5 Å². The predicted molar refractivity (Wildman–Crippen MR) is 78.8 cm³/mol. The lowest BCUT2D eigenvalue weighted by molar-refractivity contribution is 0.664. The van der Waals surface area contributed by atoms with E-state index in [-0.39, 0.29) is 0 Å². The summed E-state index contributed by atoms with van der Waals surface area (Å²) in [6, 6.07) is 10.4. The van der Waals surface area contributed by atoms with Gasteiger partial charge in [-0.25, -0.2) is 0 Å². The van der Waals surface area contributed by atoms with Gasteiger partial charge in [-0.1, -0.05) is 30.3 Å². The molecule has 0 atom stereocenters. The van der Waals surface area contributed by atoms with Crippen molar-refractivity contribution in [3.8, 4) is 0 Å². The third kappa shape index (κ3) is 2.10. The van der Waals surface area contributed by atoms with Crippen LogP contribution in [0.1, 0.15) is 11.3 Å². The molecule has 0 spiro atoms. The Bertz CT molecular complexity index is 764. The number of H-pyrrole nitrogens is 1. The van der Waals surface area contributed by atoms with E-state index in [4.69, 9.17) is 12.2 Å². The highest BCUT2D eigenvalue weighted by atomic mass is 32.1. The van der Waals surface area contributed by atoms with Gasteiger partial charge >= 0.3 is 0 Å². The molecule has 98 valence electrons. The summed E-state index contributed by atoms with van der Waals surface area (Å²) >= 11 is 5.41. The summed E-state index contributed by atoms with van der Waals surface area (Å²) < 4.78 is 4.78. The monoisotopic (exact) mass is 272 g/mol. The molecular weight excluding hydrogens is 256 g/mol. The zero-order valence-corrected chi connectivity index (χ0v) is 11.9. The maximum absolute atomic E-state index is 5.41. The molecule has 19 heavy (non-hydrogen) atoms. The highest BCUT2D eigenvalue weighted by Crippen LogP contribution is 2.17. The fourth-order valence-electron chi connectivity index (χ4n) is 2.47. The van der Waals surface area contributed by atoms with Crippen LogP contribution in [-0.4, -0.2) is 19.3 Å². The Labute approximate surface area is 116 Å². The molecule has 0 unspecified atom stereocenters. The van der Waals surface area contributed by atoms with Crippen molar-refractivity contribution >= 4 is 23.4 Å². The molecule has 2 heterocycles. The summed E-state index contributed by atoms with van der Waals surface area (Å²) in [5, 5.41) is 4.43. The number of imidazole rings is 1. The highest BCUT2D eigenvalue weighted by molar-refractivity contribution is 7.71. The van der Waals surface area contributed by atoms with Crippen LogP contribution in [0.25, 0.3) is 11.2 Å². The lowest BCUT2D eigenvalue weighted by Crippen LogP contribution is -2.05. The third-order valence-electron chi connectivity index (χ3n) is 3.39. The number of nitrogens with one attached hydrogen (secondary N) is 1. The van der Waals surface area contributed by atoms with Gasteiger partial charge in [0.1, 0.15) is 5.52 Å². The number of hydrogen-bond donors (Lipinski definition) is 1. The smallest absolute Gasteiger partial charge is 0.179 e. The SMILES string of the molecule is Cc1nn(C)c2c1[nH]c(=S)n2CCc1ccccc1. The fourth-order valence-corrected chi connectivity index (χ4v) is 2.75. The van der Waals surface area contributed by atoms with Gasteiger partial charge < -0.3 is 9.55 Å². The lowest BCUT2D eigenvalue weighted by Gasteiger charge is -2.05. The van der Waals surface area contributed by atoms with Crippen molar-refractivity contribution in [3.63, 3.8) is 0 Å². The van der Waals surface area contributed by atoms with Crippen molar-refractivity contribution in [2.75, 3.05) is 0 Å². The summed E-state index contributed by atoms with van der Waals surface area (Å²) in [4.78, 5) is 3.25. The van der Waals surface area contributed by atoms with Gasteiger partial charge in [-0.05, 0) is 31.1 Å². The molecule has 1 N–H and O–H groups in total. The second-order valence-corrected chi connectivity index (χ2v) is 5.11. The first-order chi connectivity index (χ1) is 9.16. The molecular formula is C14H16N4S. The van der Waals surface area contributed by atoms with E-state index in [1.54, 1.807) is 0 Å². The average molecular weight is 272 g/mol. The molecule has 0 aliphatic rings. The van der Waals surface area contributed by atoms with Crippen LogP contribution in [0.4, 0.5) is 0 Å². The van der Waals surface area contributed by atoms with Crippen molar-refractivity contribution in [2.45, 2.75) is 19.9 Å². The van der Waals surface area contributed by atoms with Gasteiger partial charge in [0, 0.05) is 13.6 Å². The molecule has 1 aromatic carbocycles. The molecule has 0 aliphatic carbocycles. The first-order valence-electron chi connectivity index (χ1n) is 6.33. The van der Waals surface area contributed by atoms with Gasteiger partial charge in [0.2, 0.25) is 0 Å². The molecule has 2 aromatic heterocycles. The maximum atomic E-state index is 5.41. The third-order valence-corrected chi connectivity index (χ3v) is 3.71. The minimum atomic E-state index is 0.766. The minimum Gasteiger partial charge on any atom is -0.328 e. The van der Waals surface area contributed by atoms with E-state index in [2.05, 4.69) is 38.9 Å². The van der Waals surface area contributed by atoms with Crippen LogP contribution in [0.3, 0.4) is 0 Å². The molecule has 4 nitrogen and oxygen atoms in total. The Morgan fingerprint density at radius 3 is 2.74 bits per heavy atom. The Morgan fingerprint density at radius 2 is 2.00 bits per heavy atom. The highest BCUT2D eigenvalue weighted by Gasteiger charge is 2.12. The molecule has 0 saturated heterocycles. The summed E-state index contributed by atoms with van der Waals surface area (Å²) in [6.07, 6.45) is 0.965. The zero-order chi connectivity index (χ0) is 13.4. The Hall–Kier alpha value is -1.88. The quantitative estimate of drug-likeness (QED) is 0.744. The van der Waals surface area contributed by atoms with Crippen molar-refractivity contribution < 1.29 is 0 Å². The average Bonchev–Trinajstić information content (AvgIpc) is 2.87. The van der Waals surface area contributed by atoms with E-state index in [1.807, 2.05) is 24.7 Å². The van der Waals surface area contributed by atoms with Gasteiger partial charge in [0.15, 0.2) is 10.4 Å². The summed E-state index contributed by atoms with van der Waals surface area (Å²) in [6.45, 7) is 2.86. The number of hydrogen-bond acceptors (Lipinski definition) is 2. The van der Waals surface area contributed by atoms with E-state index in [1.165, 1.54) is 5.56 Å². The fraction of sp³-hybridized carbons (Fsp3) is 0.286. The Balaban J connectivity index is 1.97. The minimum absolute atomic E-state index is 0.766. The number of aryl methyl sites for hydroxylation is 4. The molecule has 0 saturated carbocycles. The van der Waals surface area contributed by atoms with Crippen LogP contribution in [0.5, 0.6) is 0 Å². The van der Waals surface area contributed by atoms with Crippen LogP contribution in [0, 0.1) is 11.7 Å². The molecule has 0 aliphatic heterocycles. The van der Waals surface area contributed by atoms with Crippen LogP contribution in [0.2, 0.25) is 0 Å². The summed E-state index contributed by atoms with van der Waals surface area (Å²) in [5.74, 6) is 0. The normalized spacial score (nSPS) is 11.3. The maximum Gasteiger partial charge on any atom is 0.179 e. The van der Waals surface area contributed by atoms with Crippen LogP contribution < -0.4 is 0 Å². The summed E-state index contributed by atoms with van der Waals surface area (Å²) in [5.41, 5.74) is 4.42. The first-order valence-corrected chi connectivity index (χ1v) is 6.73. The van der Waals surface area contributed by atoms with Gasteiger partial charge in [0.25, 0.3) is 0 Å². The second-order valence-electron chi connectivity index (χ2n) is 4.73. The number of benzene rings is 1. The number of rotatable bonds is 3. The second kappa shape index (κ2) is 4.66. The number of aromatic nitrogens is 4. The van der Waals surface area contributed by atoms with Crippen molar-refractivity contribution in [1.82, 2.24) is 19.3 Å². The van der Waals surface area contributed by atoms with Crippen LogP contribution in [0.15, 0.2) is 30.3 Å². The van der Waals surface area contributed by atoms with Crippen molar-refractivity contribution in [1.29, 1.82) is 0 Å². The van der Waals surface area contributed by atoms with Gasteiger partial charge in [0.05, 0.1) is 5.69 Å². The number of aromatic amines is 1. The van der Waals surface area contributed by atoms with Crippen LogP contribution in [-0.2, 0) is 20.0 Å². The number of nitrogens with zero attached hydrogens (tertiary/aromatic N) is 3. The number of fused-ring (bicyclic) bond motifs is 1. The largest absolute Gasteiger partial charge is 0.328 e. The van der Waals surface area contributed by atoms with Gasteiger partial charge in [-0.3, -0.25) is 4.68 Å². The predicted octanol–water partition coefficient (Wildman–Crippen LogP) is 2.98. The molecule has 0 radical (unpaired) electrons. The molecule has 3 rings (SSSR count). The van der Waals surface area contributed by atoms with Crippen LogP contribution >= 0.6 is 12.2 Å². The first kappa shape index (κ1) is 12.2. The van der Waals surface area contributed by atoms with E-state index in [0.29, 0.717) is 0 Å². The molecule has 0 bridgehead atoms. The zero-order valence-electron chi connectivity index (χ0n) is 11.1. The Morgan fingerprint density at radius 1 is 1.26 bits per heavy atom. The summed E-state index contributed by atoms with van der Waals surface area (Å²) in [7, 11) is 1.96. The lowest BCUT2D eigenvalue weighted by atomic mass is 10.1. The van der Waals surface area contributed by atoms with Crippen molar-refractivity contribution in [3.05, 3.63) is 46.4 Å². The molecule has 3 aromatic rings. The van der Waals surface area contributed by atoms with Gasteiger partial charge in [-0.2, -0.15) is 5.10 Å². The molecule has 5 heteroatoms. The molecule has 0 fully saturated rings. The van der Waals surface area contributed by atoms with E-state index < -0.39 is 0 Å². The Kier molecular flexibility index (Phi) is 2.98. The van der Waals surface area contributed by atoms with E-state index >= 15 is 0 Å². The standard InChI is InChI=1S/C14H16N4S/c1-10-12-13(17(2)16-10)18(14(19)15-12)9-8-11-6-4-3-5-7-11/h3-7H,8-9H2,1-2H3,(H,15,19). The van der Waals surface area contributed by atoms with Gasteiger partial charge in [-0.15, -0.1) is 0 Å². The van der Waals surface area contributed by atoms with E-state index in [0.717, 1.165) is 34.6 Å². The molecule has 0 amide bonds. The van der Waals surface area contributed by atoms with E-state index in [9.17, 15) is 0 Å².